The highest BCUT2D eigenvalue weighted by molar-refractivity contribution is 5.81. The summed E-state index contributed by atoms with van der Waals surface area (Å²) >= 11 is 0. The van der Waals surface area contributed by atoms with Gasteiger partial charge in [-0.1, -0.05) is 32.0 Å². The summed E-state index contributed by atoms with van der Waals surface area (Å²) in [4.78, 5) is 12.7. The van der Waals surface area contributed by atoms with Crippen molar-refractivity contribution in [2.24, 2.45) is 0 Å². The zero-order chi connectivity index (χ0) is 19.1. The van der Waals surface area contributed by atoms with Gasteiger partial charge in [0.15, 0.2) is 6.10 Å². The largest absolute Gasteiger partial charge is 0.497 e. The quantitative estimate of drug-likeness (QED) is 0.744. The van der Waals surface area contributed by atoms with Gasteiger partial charge in [-0.05, 0) is 67.6 Å². The second-order valence-electron chi connectivity index (χ2n) is 6.50. The van der Waals surface area contributed by atoms with Crippen molar-refractivity contribution in [2.75, 3.05) is 7.11 Å². The van der Waals surface area contributed by atoms with Gasteiger partial charge in [-0.2, -0.15) is 0 Å². The van der Waals surface area contributed by atoms with Crippen molar-refractivity contribution in [3.8, 4) is 11.5 Å². The van der Waals surface area contributed by atoms with Gasteiger partial charge in [-0.3, -0.25) is 4.79 Å². The molecule has 1 amide bonds. The summed E-state index contributed by atoms with van der Waals surface area (Å²) in [5, 5.41) is 3.13. The van der Waals surface area contributed by atoms with Crippen LogP contribution < -0.4 is 14.8 Å². The van der Waals surface area contributed by atoms with E-state index in [1.807, 2.05) is 31.2 Å². The molecule has 0 saturated heterocycles. The van der Waals surface area contributed by atoms with Gasteiger partial charge in [-0.25, -0.2) is 0 Å². The van der Waals surface area contributed by atoms with E-state index in [9.17, 15) is 4.79 Å². The fraction of sp³-hybridized carbons (Fsp3) is 0.409. The third-order valence-electron chi connectivity index (χ3n) is 4.66. The van der Waals surface area contributed by atoms with Gasteiger partial charge >= 0.3 is 0 Å². The van der Waals surface area contributed by atoms with Crippen molar-refractivity contribution in [3.63, 3.8) is 0 Å². The SMILES string of the molecule is CC[C@H](Oc1ccc(OC)cc1)C(=O)N[C@@H](CC)c1ccc(C)c(C)c1. The van der Waals surface area contributed by atoms with E-state index in [2.05, 4.69) is 44.3 Å². The first-order valence-corrected chi connectivity index (χ1v) is 9.16. The predicted octanol–water partition coefficient (Wildman–Crippen LogP) is 4.74. The number of benzene rings is 2. The summed E-state index contributed by atoms with van der Waals surface area (Å²) in [6.07, 6.45) is 0.901. The molecule has 4 nitrogen and oxygen atoms in total. The van der Waals surface area contributed by atoms with Crippen LogP contribution in [0.4, 0.5) is 0 Å². The van der Waals surface area contributed by atoms with Crippen molar-refractivity contribution in [1.29, 1.82) is 0 Å². The molecule has 140 valence electrons. The standard InChI is InChI=1S/C22H29NO3/c1-6-20(17-9-8-15(3)16(4)14-17)23-22(24)21(7-2)26-19-12-10-18(25-5)11-13-19/h8-14,20-21H,6-7H2,1-5H3,(H,23,24)/t20-,21-/m0/s1. The van der Waals surface area contributed by atoms with Crippen LogP contribution in [0.25, 0.3) is 0 Å². The van der Waals surface area contributed by atoms with Gasteiger partial charge in [0, 0.05) is 0 Å². The Bertz CT molecular complexity index is 725. The van der Waals surface area contributed by atoms with Crippen molar-refractivity contribution in [1.82, 2.24) is 5.32 Å². The highest BCUT2D eigenvalue weighted by atomic mass is 16.5. The van der Waals surface area contributed by atoms with Crippen LogP contribution in [0.2, 0.25) is 0 Å². The lowest BCUT2D eigenvalue weighted by Crippen LogP contribution is -2.40. The van der Waals surface area contributed by atoms with Crippen LogP contribution in [0.1, 0.15) is 49.4 Å². The van der Waals surface area contributed by atoms with Gasteiger partial charge in [-0.15, -0.1) is 0 Å². The number of amides is 1. The Labute approximate surface area is 156 Å². The molecule has 2 rings (SSSR count). The Balaban J connectivity index is 2.06. The van der Waals surface area contributed by atoms with E-state index in [1.165, 1.54) is 11.1 Å². The van der Waals surface area contributed by atoms with Gasteiger partial charge < -0.3 is 14.8 Å². The van der Waals surface area contributed by atoms with Crippen LogP contribution in [-0.4, -0.2) is 19.1 Å². The molecule has 0 aliphatic heterocycles. The number of methoxy groups -OCH3 is 1. The molecule has 0 radical (unpaired) electrons. The van der Waals surface area contributed by atoms with Crippen molar-refractivity contribution < 1.29 is 14.3 Å². The second kappa shape index (κ2) is 9.27. The number of aryl methyl sites for hydroxylation is 2. The molecule has 0 aliphatic rings. The summed E-state index contributed by atoms with van der Waals surface area (Å²) in [5.74, 6) is 1.33. The number of ether oxygens (including phenoxy) is 2. The number of carbonyl (C=O) groups excluding carboxylic acids is 1. The van der Waals surface area contributed by atoms with Crippen LogP contribution in [0, 0.1) is 13.8 Å². The fourth-order valence-corrected chi connectivity index (χ4v) is 2.81. The van der Waals surface area contributed by atoms with Crippen molar-refractivity contribution >= 4 is 5.91 Å². The topological polar surface area (TPSA) is 47.6 Å². The van der Waals surface area contributed by atoms with E-state index < -0.39 is 6.10 Å². The molecule has 26 heavy (non-hydrogen) atoms. The molecule has 0 heterocycles. The van der Waals surface area contributed by atoms with Gasteiger partial charge in [0.05, 0.1) is 13.2 Å². The average molecular weight is 355 g/mol. The minimum atomic E-state index is -0.524. The van der Waals surface area contributed by atoms with Crippen molar-refractivity contribution in [3.05, 3.63) is 59.2 Å². The van der Waals surface area contributed by atoms with Gasteiger partial charge in [0.1, 0.15) is 11.5 Å². The molecule has 2 aromatic rings. The Hall–Kier alpha value is -2.49. The molecule has 0 spiro atoms. The molecule has 0 fully saturated rings. The molecule has 0 bridgehead atoms. The summed E-state index contributed by atoms with van der Waals surface area (Å²) < 4.78 is 11.0. The normalized spacial score (nSPS) is 13.0. The zero-order valence-corrected chi connectivity index (χ0v) is 16.3. The predicted molar refractivity (Wildman–Crippen MR) is 105 cm³/mol. The number of hydrogen-bond donors (Lipinski definition) is 1. The number of hydrogen-bond acceptors (Lipinski definition) is 3. The maximum absolute atomic E-state index is 12.7. The Morgan fingerprint density at radius 3 is 2.15 bits per heavy atom. The molecular formula is C22H29NO3. The van der Waals surface area contributed by atoms with Crippen LogP contribution in [0.5, 0.6) is 11.5 Å². The first-order chi connectivity index (χ1) is 12.5. The van der Waals surface area contributed by atoms with Gasteiger partial charge in [0.25, 0.3) is 5.91 Å². The molecule has 0 unspecified atom stereocenters. The first kappa shape index (κ1) is 19.8. The lowest BCUT2D eigenvalue weighted by molar-refractivity contribution is -0.128. The molecule has 0 saturated carbocycles. The average Bonchev–Trinajstić information content (AvgIpc) is 2.66. The molecule has 4 heteroatoms. The molecule has 0 aromatic heterocycles. The monoisotopic (exact) mass is 355 g/mol. The molecule has 2 atom stereocenters. The Morgan fingerprint density at radius 2 is 1.62 bits per heavy atom. The zero-order valence-electron chi connectivity index (χ0n) is 16.3. The number of nitrogens with one attached hydrogen (secondary N) is 1. The molecule has 2 aromatic carbocycles. The minimum absolute atomic E-state index is 0.0182. The lowest BCUT2D eigenvalue weighted by atomic mass is 9.99. The van der Waals surface area contributed by atoms with Crippen LogP contribution >= 0.6 is 0 Å². The van der Waals surface area contributed by atoms with E-state index >= 15 is 0 Å². The fourth-order valence-electron chi connectivity index (χ4n) is 2.81. The number of carbonyl (C=O) groups is 1. The highest BCUT2D eigenvalue weighted by Crippen LogP contribution is 2.22. The van der Waals surface area contributed by atoms with E-state index in [-0.39, 0.29) is 11.9 Å². The molecular weight excluding hydrogens is 326 g/mol. The Kier molecular flexibility index (Phi) is 7.07. The smallest absolute Gasteiger partial charge is 0.261 e. The van der Waals surface area contributed by atoms with Gasteiger partial charge in [0.2, 0.25) is 0 Å². The van der Waals surface area contributed by atoms with Crippen LogP contribution in [0.3, 0.4) is 0 Å². The van der Waals surface area contributed by atoms with Crippen molar-refractivity contribution in [2.45, 2.75) is 52.7 Å². The third kappa shape index (κ3) is 5.01. The number of rotatable bonds is 8. The lowest BCUT2D eigenvalue weighted by Gasteiger charge is -2.23. The van der Waals surface area contributed by atoms with Crippen LogP contribution in [-0.2, 0) is 4.79 Å². The maximum atomic E-state index is 12.7. The van der Waals surface area contributed by atoms with E-state index in [4.69, 9.17) is 9.47 Å². The summed E-state index contributed by atoms with van der Waals surface area (Å²) in [7, 11) is 1.62. The minimum Gasteiger partial charge on any atom is -0.497 e. The van der Waals surface area contributed by atoms with E-state index in [1.54, 1.807) is 7.11 Å². The highest BCUT2D eigenvalue weighted by Gasteiger charge is 2.22. The molecule has 1 N–H and O–H groups in total. The molecule has 0 aliphatic carbocycles. The summed E-state index contributed by atoms with van der Waals surface area (Å²) in [6.45, 7) is 8.21. The first-order valence-electron chi connectivity index (χ1n) is 9.16. The Morgan fingerprint density at radius 1 is 0.962 bits per heavy atom. The van der Waals surface area contributed by atoms with E-state index in [0.717, 1.165) is 17.7 Å². The second-order valence-corrected chi connectivity index (χ2v) is 6.50. The third-order valence-corrected chi connectivity index (χ3v) is 4.66. The van der Waals surface area contributed by atoms with E-state index in [0.29, 0.717) is 12.2 Å². The van der Waals surface area contributed by atoms with Crippen LogP contribution in [0.15, 0.2) is 42.5 Å². The summed E-state index contributed by atoms with van der Waals surface area (Å²) in [6, 6.07) is 13.6. The maximum Gasteiger partial charge on any atom is 0.261 e. The summed E-state index contributed by atoms with van der Waals surface area (Å²) in [5.41, 5.74) is 3.61.